The molecule has 0 fully saturated rings. The molecule has 0 unspecified atom stereocenters. The van der Waals surface area contributed by atoms with Crippen molar-refractivity contribution in [1.82, 2.24) is 14.8 Å². The molecular weight excluding hydrogens is 280 g/mol. The van der Waals surface area contributed by atoms with Gasteiger partial charge in [0.25, 0.3) is 5.91 Å². The molecule has 7 heteroatoms. The van der Waals surface area contributed by atoms with Crippen molar-refractivity contribution in [3.05, 3.63) is 35.6 Å². The van der Waals surface area contributed by atoms with Crippen LogP contribution in [0.25, 0.3) is 0 Å². The Kier molecular flexibility index (Phi) is 4.57. The van der Waals surface area contributed by atoms with Crippen LogP contribution in [0.15, 0.2) is 30.6 Å². The van der Waals surface area contributed by atoms with E-state index in [1.54, 1.807) is 42.1 Å². The van der Waals surface area contributed by atoms with E-state index < -0.39 is 6.10 Å². The number of benzene rings is 1. The minimum atomic E-state index is -0.671. The molecule has 20 heavy (non-hydrogen) atoms. The highest BCUT2D eigenvalue weighted by atomic mass is 35.5. The van der Waals surface area contributed by atoms with Gasteiger partial charge in [-0.15, -0.1) is 10.2 Å². The van der Waals surface area contributed by atoms with Crippen LogP contribution in [-0.4, -0.2) is 26.8 Å². The maximum atomic E-state index is 12.0. The van der Waals surface area contributed by atoms with Crippen molar-refractivity contribution in [2.75, 3.05) is 5.32 Å². The standard InChI is InChI=1S/C13H15ClN4O2/c1-3-18-8-15-17-13(18)16-12(19)9(2)20-11-6-4-5-10(14)7-11/h4-9H,3H2,1-2H3,(H,16,17,19)/t9-/m0/s1. The molecule has 1 N–H and O–H groups in total. The molecule has 1 aromatic carbocycles. The van der Waals surface area contributed by atoms with Crippen LogP contribution in [-0.2, 0) is 11.3 Å². The van der Waals surface area contributed by atoms with Crippen molar-refractivity contribution in [1.29, 1.82) is 0 Å². The fourth-order valence-corrected chi connectivity index (χ4v) is 1.77. The van der Waals surface area contributed by atoms with Crippen molar-refractivity contribution in [2.45, 2.75) is 26.5 Å². The lowest BCUT2D eigenvalue weighted by atomic mass is 10.3. The van der Waals surface area contributed by atoms with E-state index in [0.29, 0.717) is 23.3 Å². The normalized spacial score (nSPS) is 11.9. The van der Waals surface area contributed by atoms with Gasteiger partial charge in [0.15, 0.2) is 6.10 Å². The highest BCUT2D eigenvalue weighted by Crippen LogP contribution is 2.18. The maximum Gasteiger partial charge on any atom is 0.267 e. The Labute approximate surface area is 121 Å². The molecule has 0 saturated carbocycles. The Morgan fingerprint density at radius 3 is 3.05 bits per heavy atom. The lowest BCUT2D eigenvalue weighted by Gasteiger charge is -2.14. The van der Waals surface area contributed by atoms with Gasteiger partial charge in [0.2, 0.25) is 5.95 Å². The van der Waals surface area contributed by atoms with E-state index >= 15 is 0 Å². The average Bonchev–Trinajstić information content (AvgIpc) is 2.85. The molecule has 2 rings (SSSR count). The van der Waals surface area contributed by atoms with Gasteiger partial charge in [0, 0.05) is 11.6 Å². The molecule has 0 radical (unpaired) electrons. The molecule has 1 heterocycles. The first-order valence-corrected chi connectivity index (χ1v) is 6.59. The Morgan fingerprint density at radius 2 is 2.35 bits per heavy atom. The number of ether oxygens (including phenoxy) is 1. The molecule has 0 aliphatic carbocycles. The third-order valence-electron chi connectivity index (χ3n) is 2.67. The van der Waals surface area contributed by atoms with Gasteiger partial charge in [0.1, 0.15) is 12.1 Å². The second-order valence-corrected chi connectivity index (χ2v) is 4.58. The number of nitrogens with zero attached hydrogens (tertiary/aromatic N) is 3. The molecule has 1 amide bonds. The molecule has 0 spiro atoms. The summed E-state index contributed by atoms with van der Waals surface area (Å²) in [5.41, 5.74) is 0. The molecule has 1 atom stereocenters. The summed E-state index contributed by atoms with van der Waals surface area (Å²) >= 11 is 5.86. The number of nitrogens with one attached hydrogen (secondary N) is 1. The Morgan fingerprint density at radius 1 is 1.55 bits per heavy atom. The van der Waals surface area contributed by atoms with Crippen molar-refractivity contribution in [2.24, 2.45) is 0 Å². The highest BCUT2D eigenvalue weighted by molar-refractivity contribution is 6.30. The van der Waals surface area contributed by atoms with Crippen molar-refractivity contribution in [3.63, 3.8) is 0 Å². The van der Waals surface area contributed by atoms with Crippen LogP contribution >= 0.6 is 11.6 Å². The molecule has 1 aromatic heterocycles. The number of halogens is 1. The fraction of sp³-hybridized carbons (Fsp3) is 0.308. The third-order valence-corrected chi connectivity index (χ3v) is 2.90. The van der Waals surface area contributed by atoms with Gasteiger partial charge in [-0.25, -0.2) is 0 Å². The van der Waals surface area contributed by atoms with E-state index in [9.17, 15) is 4.79 Å². The van der Waals surface area contributed by atoms with E-state index in [1.807, 2.05) is 6.92 Å². The number of amides is 1. The monoisotopic (exact) mass is 294 g/mol. The number of hydrogen-bond acceptors (Lipinski definition) is 4. The van der Waals surface area contributed by atoms with Gasteiger partial charge in [-0.1, -0.05) is 17.7 Å². The number of aromatic nitrogens is 3. The second kappa shape index (κ2) is 6.38. The minimum absolute atomic E-state index is 0.298. The third kappa shape index (κ3) is 3.48. The second-order valence-electron chi connectivity index (χ2n) is 4.15. The SMILES string of the molecule is CCn1cnnc1NC(=O)[C@H](C)Oc1cccc(Cl)c1. The van der Waals surface area contributed by atoms with Gasteiger partial charge in [-0.2, -0.15) is 0 Å². The number of rotatable bonds is 5. The average molecular weight is 295 g/mol. The largest absolute Gasteiger partial charge is 0.481 e. The van der Waals surface area contributed by atoms with E-state index in [4.69, 9.17) is 16.3 Å². The number of carbonyl (C=O) groups is 1. The summed E-state index contributed by atoms with van der Waals surface area (Å²) in [7, 11) is 0. The summed E-state index contributed by atoms with van der Waals surface area (Å²) in [5.74, 6) is 0.642. The van der Waals surface area contributed by atoms with Gasteiger partial charge in [0.05, 0.1) is 0 Å². The molecule has 0 aliphatic heterocycles. The van der Waals surface area contributed by atoms with Gasteiger partial charge in [-0.05, 0) is 32.0 Å². The highest BCUT2D eigenvalue weighted by Gasteiger charge is 2.17. The van der Waals surface area contributed by atoms with E-state index in [0.717, 1.165) is 0 Å². The zero-order valence-electron chi connectivity index (χ0n) is 11.2. The first-order chi connectivity index (χ1) is 9.60. The van der Waals surface area contributed by atoms with Crippen LogP contribution in [0.2, 0.25) is 5.02 Å². The van der Waals surface area contributed by atoms with Crippen LogP contribution < -0.4 is 10.1 Å². The summed E-state index contributed by atoms with van der Waals surface area (Å²) in [5, 5.41) is 10.8. The van der Waals surface area contributed by atoms with Crippen LogP contribution in [0.1, 0.15) is 13.8 Å². The predicted octanol–water partition coefficient (Wildman–Crippen LogP) is 2.36. The summed E-state index contributed by atoms with van der Waals surface area (Å²) in [6.45, 7) is 4.26. The number of carbonyl (C=O) groups excluding carboxylic acids is 1. The predicted molar refractivity (Wildman–Crippen MR) is 75.9 cm³/mol. The molecule has 106 valence electrons. The van der Waals surface area contributed by atoms with E-state index in [-0.39, 0.29) is 5.91 Å². The van der Waals surface area contributed by atoms with Gasteiger partial charge >= 0.3 is 0 Å². The summed E-state index contributed by atoms with van der Waals surface area (Å²) in [6, 6.07) is 6.89. The molecular formula is C13H15ClN4O2. The number of hydrogen-bond donors (Lipinski definition) is 1. The summed E-state index contributed by atoms with van der Waals surface area (Å²) in [4.78, 5) is 12.0. The molecule has 0 bridgehead atoms. The summed E-state index contributed by atoms with van der Waals surface area (Å²) < 4.78 is 7.25. The van der Waals surface area contributed by atoms with Crippen molar-refractivity contribution < 1.29 is 9.53 Å². The Hall–Kier alpha value is -2.08. The zero-order valence-corrected chi connectivity index (χ0v) is 12.0. The van der Waals surface area contributed by atoms with Gasteiger partial charge < -0.3 is 4.74 Å². The first-order valence-electron chi connectivity index (χ1n) is 6.21. The smallest absolute Gasteiger partial charge is 0.267 e. The topological polar surface area (TPSA) is 69.0 Å². The molecule has 2 aromatic rings. The van der Waals surface area contributed by atoms with Crippen LogP contribution in [0.3, 0.4) is 0 Å². The van der Waals surface area contributed by atoms with Gasteiger partial charge in [-0.3, -0.25) is 14.7 Å². The van der Waals surface area contributed by atoms with E-state index in [2.05, 4.69) is 15.5 Å². The molecule has 0 saturated heterocycles. The lowest BCUT2D eigenvalue weighted by Crippen LogP contribution is -2.31. The van der Waals surface area contributed by atoms with Crippen LogP contribution in [0.4, 0.5) is 5.95 Å². The fourth-order valence-electron chi connectivity index (χ4n) is 1.59. The quantitative estimate of drug-likeness (QED) is 0.919. The number of aryl methyl sites for hydroxylation is 1. The van der Waals surface area contributed by atoms with Crippen LogP contribution in [0, 0.1) is 0 Å². The van der Waals surface area contributed by atoms with Crippen LogP contribution in [0.5, 0.6) is 5.75 Å². The minimum Gasteiger partial charge on any atom is -0.481 e. The van der Waals surface area contributed by atoms with Crippen molar-refractivity contribution >= 4 is 23.5 Å². The van der Waals surface area contributed by atoms with Crippen molar-refractivity contribution in [3.8, 4) is 5.75 Å². The van der Waals surface area contributed by atoms with E-state index in [1.165, 1.54) is 0 Å². The number of anilines is 1. The summed E-state index contributed by atoms with van der Waals surface area (Å²) in [6.07, 6.45) is 0.883. The zero-order chi connectivity index (χ0) is 14.5. The first kappa shape index (κ1) is 14.3. The Bertz CT molecular complexity index is 600. The lowest BCUT2D eigenvalue weighted by molar-refractivity contribution is -0.122. The Balaban J connectivity index is 1.99. The molecule has 0 aliphatic rings. The molecule has 6 nitrogen and oxygen atoms in total. The maximum absolute atomic E-state index is 12.0.